The average molecular weight is 167 g/mol. The van der Waals surface area contributed by atoms with Gasteiger partial charge in [-0.25, -0.2) is 0 Å². The minimum Gasteiger partial charge on any atom is -0.464 e. The molecule has 68 valence electrons. The summed E-state index contributed by atoms with van der Waals surface area (Å²) in [6.07, 6.45) is 2.16. The maximum atomic E-state index is 5.57. The van der Waals surface area contributed by atoms with Gasteiger partial charge in [-0.1, -0.05) is 6.92 Å². The van der Waals surface area contributed by atoms with Crippen LogP contribution in [0.5, 0.6) is 0 Å². The lowest BCUT2D eigenvalue weighted by Crippen LogP contribution is -2.09. The van der Waals surface area contributed by atoms with Crippen molar-refractivity contribution in [3.8, 4) is 0 Å². The Morgan fingerprint density at radius 3 is 2.58 bits per heavy atom. The van der Waals surface area contributed by atoms with E-state index < -0.39 is 0 Å². The van der Waals surface area contributed by atoms with Crippen molar-refractivity contribution in [2.24, 2.45) is 0 Å². The highest BCUT2D eigenvalue weighted by Gasteiger charge is 2.08. The summed E-state index contributed by atoms with van der Waals surface area (Å²) in [6.45, 7) is 4.16. The van der Waals surface area contributed by atoms with Crippen LogP contribution in [-0.2, 0) is 6.42 Å². The first-order valence-electron chi connectivity index (χ1n) is 4.41. The van der Waals surface area contributed by atoms with Gasteiger partial charge < -0.3 is 9.32 Å². The lowest BCUT2D eigenvalue weighted by molar-refractivity contribution is 0.481. The molecule has 0 aliphatic rings. The van der Waals surface area contributed by atoms with E-state index in [1.807, 2.05) is 21.0 Å². The molecule has 12 heavy (non-hydrogen) atoms. The molecule has 0 bridgehead atoms. The van der Waals surface area contributed by atoms with E-state index >= 15 is 0 Å². The predicted molar refractivity (Wildman–Crippen MR) is 51.8 cm³/mol. The number of nitrogens with zero attached hydrogens (tertiary/aromatic N) is 1. The molecule has 0 atom stereocenters. The van der Waals surface area contributed by atoms with Gasteiger partial charge in [0.15, 0.2) is 0 Å². The summed E-state index contributed by atoms with van der Waals surface area (Å²) in [5.74, 6) is 2.11. The highest BCUT2D eigenvalue weighted by molar-refractivity contribution is 5.49. The molecular weight excluding hydrogens is 150 g/mol. The van der Waals surface area contributed by atoms with Crippen molar-refractivity contribution in [2.45, 2.75) is 26.7 Å². The Labute approximate surface area is 74.2 Å². The number of furan rings is 1. The van der Waals surface area contributed by atoms with Gasteiger partial charge in [-0.2, -0.15) is 0 Å². The van der Waals surface area contributed by atoms with E-state index in [1.165, 1.54) is 5.69 Å². The first kappa shape index (κ1) is 9.17. The number of anilines is 1. The normalized spacial score (nSPS) is 10.3. The van der Waals surface area contributed by atoms with Gasteiger partial charge in [0, 0.05) is 26.6 Å². The highest BCUT2D eigenvalue weighted by Crippen LogP contribution is 2.23. The second-order valence-electron chi connectivity index (χ2n) is 3.31. The van der Waals surface area contributed by atoms with Crippen molar-refractivity contribution in [3.63, 3.8) is 0 Å². The molecule has 0 saturated heterocycles. The first-order chi connectivity index (χ1) is 5.65. The zero-order chi connectivity index (χ0) is 9.14. The maximum absolute atomic E-state index is 5.57. The molecule has 1 heterocycles. The van der Waals surface area contributed by atoms with E-state index in [9.17, 15) is 0 Å². The van der Waals surface area contributed by atoms with Crippen LogP contribution in [0.15, 0.2) is 10.5 Å². The molecule has 0 saturated carbocycles. The Kier molecular flexibility index (Phi) is 2.79. The molecule has 0 fully saturated rings. The molecule has 0 radical (unpaired) electrons. The van der Waals surface area contributed by atoms with E-state index in [2.05, 4.69) is 17.9 Å². The fourth-order valence-electron chi connectivity index (χ4n) is 1.33. The number of hydrogen-bond acceptors (Lipinski definition) is 2. The molecule has 2 heteroatoms. The van der Waals surface area contributed by atoms with Crippen molar-refractivity contribution in [2.75, 3.05) is 19.0 Å². The summed E-state index contributed by atoms with van der Waals surface area (Å²) < 4.78 is 5.57. The number of rotatable bonds is 3. The van der Waals surface area contributed by atoms with Crippen LogP contribution in [0, 0.1) is 6.92 Å². The minimum atomic E-state index is 1.00. The average Bonchev–Trinajstić information content (AvgIpc) is 2.32. The second-order valence-corrected chi connectivity index (χ2v) is 3.31. The van der Waals surface area contributed by atoms with Gasteiger partial charge in [0.1, 0.15) is 11.5 Å². The summed E-state index contributed by atoms with van der Waals surface area (Å²) in [6, 6.07) is 2.09. The molecule has 1 aromatic heterocycles. The summed E-state index contributed by atoms with van der Waals surface area (Å²) in [7, 11) is 4.09. The molecule has 2 nitrogen and oxygen atoms in total. The lowest BCUT2D eigenvalue weighted by atomic mass is 10.2. The van der Waals surface area contributed by atoms with Crippen LogP contribution >= 0.6 is 0 Å². The van der Waals surface area contributed by atoms with Crippen LogP contribution in [0.3, 0.4) is 0 Å². The van der Waals surface area contributed by atoms with E-state index in [0.29, 0.717) is 0 Å². The third-order valence-electron chi connectivity index (χ3n) is 1.87. The molecule has 0 spiro atoms. The van der Waals surface area contributed by atoms with E-state index in [-0.39, 0.29) is 0 Å². The van der Waals surface area contributed by atoms with Crippen LogP contribution in [-0.4, -0.2) is 14.1 Å². The van der Waals surface area contributed by atoms with E-state index in [4.69, 9.17) is 4.42 Å². The molecule has 0 N–H and O–H groups in total. The second kappa shape index (κ2) is 3.65. The van der Waals surface area contributed by atoms with Crippen molar-refractivity contribution in [1.29, 1.82) is 0 Å². The summed E-state index contributed by atoms with van der Waals surface area (Å²) in [4.78, 5) is 2.10. The third kappa shape index (κ3) is 1.81. The number of aryl methyl sites for hydroxylation is 2. The topological polar surface area (TPSA) is 16.4 Å². The lowest BCUT2D eigenvalue weighted by Gasteiger charge is -2.10. The zero-order valence-electron chi connectivity index (χ0n) is 8.35. The maximum Gasteiger partial charge on any atom is 0.127 e. The molecule has 1 aromatic rings. The quantitative estimate of drug-likeness (QED) is 0.688. The fourth-order valence-corrected chi connectivity index (χ4v) is 1.33. The summed E-state index contributed by atoms with van der Waals surface area (Å²) >= 11 is 0. The smallest absolute Gasteiger partial charge is 0.127 e. The van der Waals surface area contributed by atoms with Gasteiger partial charge in [-0.05, 0) is 13.3 Å². The molecule has 0 unspecified atom stereocenters. The molecule has 0 aliphatic heterocycles. The summed E-state index contributed by atoms with van der Waals surface area (Å²) in [5.41, 5.74) is 1.22. The Bertz CT molecular complexity index is 250. The molecule has 0 aromatic carbocycles. The van der Waals surface area contributed by atoms with Crippen LogP contribution in [0.1, 0.15) is 24.9 Å². The molecule has 0 amide bonds. The van der Waals surface area contributed by atoms with Crippen LogP contribution in [0.25, 0.3) is 0 Å². The van der Waals surface area contributed by atoms with E-state index in [0.717, 1.165) is 24.4 Å². The largest absolute Gasteiger partial charge is 0.464 e. The number of hydrogen-bond donors (Lipinski definition) is 0. The Morgan fingerprint density at radius 1 is 1.42 bits per heavy atom. The Balaban J connectivity index is 2.92. The Hall–Kier alpha value is -0.920. The summed E-state index contributed by atoms with van der Waals surface area (Å²) in [5, 5.41) is 0. The van der Waals surface area contributed by atoms with Gasteiger partial charge in [0.25, 0.3) is 0 Å². The monoisotopic (exact) mass is 167 g/mol. The van der Waals surface area contributed by atoms with Gasteiger partial charge >= 0.3 is 0 Å². The van der Waals surface area contributed by atoms with Crippen molar-refractivity contribution >= 4 is 5.69 Å². The van der Waals surface area contributed by atoms with Crippen molar-refractivity contribution in [1.82, 2.24) is 0 Å². The van der Waals surface area contributed by atoms with Gasteiger partial charge in [0.2, 0.25) is 0 Å². The molecular formula is C10H17NO. The molecule has 1 rings (SSSR count). The van der Waals surface area contributed by atoms with E-state index in [1.54, 1.807) is 0 Å². The van der Waals surface area contributed by atoms with Gasteiger partial charge in [-0.3, -0.25) is 0 Å². The Morgan fingerprint density at radius 2 is 2.08 bits per heavy atom. The van der Waals surface area contributed by atoms with Gasteiger partial charge in [-0.15, -0.1) is 0 Å². The standard InChI is InChI=1S/C10H17NO/c1-5-6-10-9(11(3)4)7-8(2)12-10/h7H,5-6H2,1-4H3. The SMILES string of the molecule is CCCc1oc(C)cc1N(C)C. The van der Waals surface area contributed by atoms with Crippen LogP contribution in [0.4, 0.5) is 5.69 Å². The minimum absolute atomic E-state index is 1.00. The highest BCUT2D eigenvalue weighted by atomic mass is 16.3. The van der Waals surface area contributed by atoms with Gasteiger partial charge in [0.05, 0.1) is 5.69 Å². The first-order valence-corrected chi connectivity index (χ1v) is 4.41. The van der Waals surface area contributed by atoms with Crippen molar-refractivity contribution in [3.05, 3.63) is 17.6 Å². The fraction of sp³-hybridized carbons (Fsp3) is 0.600. The zero-order valence-corrected chi connectivity index (χ0v) is 8.35. The van der Waals surface area contributed by atoms with Crippen LogP contribution < -0.4 is 4.90 Å². The predicted octanol–water partition coefficient (Wildman–Crippen LogP) is 2.61. The van der Waals surface area contributed by atoms with Crippen molar-refractivity contribution < 1.29 is 4.42 Å². The third-order valence-corrected chi connectivity index (χ3v) is 1.87. The molecule has 0 aliphatic carbocycles. The van der Waals surface area contributed by atoms with Crippen LogP contribution in [0.2, 0.25) is 0 Å².